The maximum atomic E-state index is 13.8. The molecule has 2 atom stereocenters. The van der Waals surface area contributed by atoms with Crippen LogP contribution in [0.3, 0.4) is 0 Å². The lowest BCUT2D eigenvalue weighted by molar-refractivity contribution is -0.135. The molecule has 0 aromatic heterocycles. The van der Waals surface area contributed by atoms with Gasteiger partial charge in [0.1, 0.15) is 5.82 Å². The number of carbonyl (C=O) groups excluding carboxylic acids is 1. The van der Waals surface area contributed by atoms with Gasteiger partial charge in [0, 0.05) is 35.1 Å². The molecule has 0 spiro atoms. The molecule has 0 heterocycles. The van der Waals surface area contributed by atoms with Gasteiger partial charge in [0.05, 0.1) is 0 Å². The number of nitrogens with two attached hydrogens (primary N) is 1. The van der Waals surface area contributed by atoms with Crippen molar-refractivity contribution in [3.8, 4) is 0 Å². The van der Waals surface area contributed by atoms with Crippen LogP contribution in [0.25, 0.3) is 0 Å². The first-order valence-corrected chi connectivity index (χ1v) is 7.78. The van der Waals surface area contributed by atoms with Crippen molar-refractivity contribution in [2.75, 3.05) is 6.54 Å². The molecule has 110 valence electrons. The van der Waals surface area contributed by atoms with Crippen LogP contribution < -0.4 is 5.73 Å². The molecule has 1 aliphatic carbocycles. The average Bonchev–Trinajstić information content (AvgIpc) is 2.85. The van der Waals surface area contributed by atoms with E-state index in [1.54, 1.807) is 17.0 Å². The molecule has 1 fully saturated rings. The summed E-state index contributed by atoms with van der Waals surface area (Å²) in [6.07, 6.45) is 2.49. The SMILES string of the molecule is CCN(Cc1cc(Br)ccc1F)C(=O)[C@@H]1CC[C@H](N)C1. The van der Waals surface area contributed by atoms with Crippen molar-refractivity contribution < 1.29 is 9.18 Å². The van der Waals surface area contributed by atoms with E-state index in [0.717, 1.165) is 23.7 Å². The van der Waals surface area contributed by atoms with Crippen LogP contribution in [0.1, 0.15) is 31.7 Å². The number of nitrogens with zero attached hydrogens (tertiary/aromatic N) is 1. The fourth-order valence-electron chi connectivity index (χ4n) is 2.71. The van der Waals surface area contributed by atoms with Gasteiger partial charge in [-0.1, -0.05) is 15.9 Å². The molecule has 1 aromatic rings. The first-order valence-electron chi connectivity index (χ1n) is 6.99. The summed E-state index contributed by atoms with van der Waals surface area (Å²) in [4.78, 5) is 14.2. The van der Waals surface area contributed by atoms with E-state index in [2.05, 4.69) is 15.9 Å². The molecule has 20 heavy (non-hydrogen) atoms. The average molecular weight is 343 g/mol. The number of carbonyl (C=O) groups is 1. The molecular weight excluding hydrogens is 323 g/mol. The van der Waals surface area contributed by atoms with Crippen LogP contribution in [0.2, 0.25) is 0 Å². The summed E-state index contributed by atoms with van der Waals surface area (Å²) in [5, 5.41) is 0. The van der Waals surface area contributed by atoms with Gasteiger partial charge in [0.15, 0.2) is 0 Å². The van der Waals surface area contributed by atoms with Crippen LogP contribution in [0.15, 0.2) is 22.7 Å². The molecule has 0 saturated heterocycles. The van der Waals surface area contributed by atoms with Gasteiger partial charge in [-0.25, -0.2) is 4.39 Å². The van der Waals surface area contributed by atoms with Crippen molar-refractivity contribution in [1.82, 2.24) is 4.90 Å². The topological polar surface area (TPSA) is 46.3 Å². The number of rotatable bonds is 4. The standard InChI is InChI=1S/C15H20BrFN2O/c1-2-19(15(20)10-3-5-13(18)8-10)9-11-7-12(16)4-6-14(11)17/h4,6-7,10,13H,2-3,5,8-9,18H2,1H3/t10-,13+/m1/s1. The van der Waals surface area contributed by atoms with Crippen molar-refractivity contribution in [2.45, 2.75) is 38.8 Å². The second-order valence-corrected chi connectivity index (χ2v) is 6.27. The largest absolute Gasteiger partial charge is 0.338 e. The molecule has 1 saturated carbocycles. The number of benzene rings is 1. The molecule has 2 rings (SSSR count). The Morgan fingerprint density at radius 1 is 1.50 bits per heavy atom. The Morgan fingerprint density at radius 2 is 2.25 bits per heavy atom. The Labute approximate surface area is 127 Å². The predicted octanol–water partition coefficient (Wildman–Crippen LogP) is 3.06. The van der Waals surface area contributed by atoms with Crippen molar-refractivity contribution in [3.05, 3.63) is 34.1 Å². The van der Waals surface area contributed by atoms with Crippen LogP contribution in [-0.4, -0.2) is 23.4 Å². The number of amides is 1. The highest BCUT2D eigenvalue weighted by molar-refractivity contribution is 9.10. The van der Waals surface area contributed by atoms with E-state index in [-0.39, 0.29) is 23.7 Å². The van der Waals surface area contributed by atoms with E-state index in [0.29, 0.717) is 18.7 Å². The molecule has 5 heteroatoms. The van der Waals surface area contributed by atoms with Crippen molar-refractivity contribution in [2.24, 2.45) is 11.7 Å². The van der Waals surface area contributed by atoms with E-state index in [4.69, 9.17) is 5.73 Å². The van der Waals surface area contributed by atoms with E-state index >= 15 is 0 Å². The Hall–Kier alpha value is -0.940. The monoisotopic (exact) mass is 342 g/mol. The highest BCUT2D eigenvalue weighted by atomic mass is 79.9. The van der Waals surface area contributed by atoms with E-state index in [1.807, 2.05) is 6.92 Å². The van der Waals surface area contributed by atoms with Gasteiger partial charge < -0.3 is 10.6 Å². The summed E-state index contributed by atoms with van der Waals surface area (Å²) in [5.74, 6) is -0.178. The van der Waals surface area contributed by atoms with Crippen LogP contribution in [0.5, 0.6) is 0 Å². The minimum absolute atomic E-state index is 0.000152. The van der Waals surface area contributed by atoms with Gasteiger partial charge in [-0.15, -0.1) is 0 Å². The molecule has 0 bridgehead atoms. The molecule has 0 radical (unpaired) electrons. The van der Waals surface area contributed by atoms with Gasteiger partial charge in [0.25, 0.3) is 0 Å². The van der Waals surface area contributed by atoms with Crippen LogP contribution >= 0.6 is 15.9 Å². The minimum atomic E-state index is -0.275. The van der Waals surface area contributed by atoms with Crippen LogP contribution in [-0.2, 0) is 11.3 Å². The second kappa shape index (κ2) is 6.68. The summed E-state index contributed by atoms with van der Waals surface area (Å²) < 4.78 is 14.6. The first kappa shape index (κ1) is 15.4. The van der Waals surface area contributed by atoms with E-state index in [9.17, 15) is 9.18 Å². The second-order valence-electron chi connectivity index (χ2n) is 5.36. The summed E-state index contributed by atoms with van der Waals surface area (Å²) >= 11 is 3.33. The van der Waals surface area contributed by atoms with E-state index < -0.39 is 0 Å². The van der Waals surface area contributed by atoms with Crippen molar-refractivity contribution in [3.63, 3.8) is 0 Å². The van der Waals surface area contributed by atoms with Gasteiger partial charge >= 0.3 is 0 Å². The fraction of sp³-hybridized carbons (Fsp3) is 0.533. The summed E-state index contributed by atoms with van der Waals surface area (Å²) in [7, 11) is 0. The fourth-order valence-corrected chi connectivity index (χ4v) is 3.12. The minimum Gasteiger partial charge on any atom is -0.338 e. The highest BCUT2D eigenvalue weighted by Gasteiger charge is 2.30. The normalized spacial score (nSPS) is 22.0. The highest BCUT2D eigenvalue weighted by Crippen LogP contribution is 2.27. The first-order chi connectivity index (χ1) is 9.51. The third kappa shape index (κ3) is 3.58. The molecule has 2 N–H and O–H groups in total. The molecule has 1 amide bonds. The molecule has 1 aromatic carbocycles. The number of hydrogen-bond acceptors (Lipinski definition) is 2. The summed E-state index contributed by atoms with van der Waals surface area (Å²) in [5.41, 5.74) is 6.40. The van der Waals surface area contributed by atoms with Crippen molar-refractivity contribution in [1.29, 1.82) is 0 Å². The number of halogens is 2. The maximum Gasteiger partial charge on any atom is 0.226 e. The predicted molar refractivity (Wildman–Crippen MR) is 80.5 cm³/mol. The third-order valence-corrected chi connectivity index (χ3v) is 4.38. The zero-order valence-electron chi connectivity index (χ0n) is 11.6. The Morgan fingerprint density at radius 3 is 2.85 bits per heavy atom. The Balaban J connectivity index is 2.08. The molecule has 0 aliphatic heterocycles. The van der Waals surface area contributed by atoms with Gasteiger partial charge in [-0.05, 0) is 44.4 Å². The quantitative estimate of drug-likeness (QED) is 0.913. The zero-order chi connectivity index (χ0) is 14.7. The maximum absolute atomic E-state index is 13.8. The molecule has 1 aliphatic rings. The Kier molecular flexibility index (Phi) is 5.16. The van der Waals surface area contributed by atoms with E-state index in [1.165, 1.54) is 6.07 Å². The molecule has 3 nitrogen and oxygen atoms in total. The van der Waals surface area contributed by atoms with Gasteiger partial charge in [-0.3, -0.25) is 4.79 Å². The third-order valence-electron chi connectivity index (χ3n) is 3.88. The van der Waals surface area contributed by atoms with Gasteiger partial charge in [0.2, 0.25) is 5.91 Å². The number of hydrogen-bond donors (Lipinski definition) is 1. The molecular formula is C15H20BrFN2O. The lowest BCUT2D eigenvalue weighted by atomic mass is 10.1. The van der Waals surface area contributed by atoms with Crippen LogP contribution in [0.4, 0.5) is 4.39 Å². The summed E-state index contributed by atoms with van der Waals surface area (Å²) in [6, 6.07) is 4.94. The lowest BCUT2D eigenvalue weighted by Crippen LogP contribution is -2.35. The Bertz CT molecular complexity index is 495. The van der Waals surface area contributed by atoms with Crippen LogP contribution in [0, 0.1) is 11.7 Å². The summed E-state index contributed by atoms with van der Waals surface area (Å²) in [6.45, 7) is 2.81. The zero-order valence-corrected chi connectivity index (χ0v) is 13.2. The molecule has 0 unspecified atom stereocenters. The van der Waals surface area contributed by atoms with Gasteiger partial charge in [-0.2, -0.15) is 0 Å². The lowest BCUT2D eigenvalue weighted by Gasteiger charge is -2.24. The van der Waals surface area contributed by atoms with Crippen molar-refractivity contribution >= 4 is 21.8 Å². The smallest absolute Gasteiger partial charge is 0.226 e.